The van der Waals surface area contributed by atoms with Crippen LogP contribution in [-0.2, 0) is 38.6 Å². The maximum absolute atomic E-state index is 13.4. The van der Waals surface area contributed by atoms with Crippen LogP contribution in [0, 0.1) is 29.6 Å². The molecule has 5 N–H and O–H groups in total. The van der Waals surface area contributed by atoms with Gasteiger partial charge >= 0.3 is 0 Å². The fourth-order valence-corrected chi connectivity index (χ4v) is 5.86. The molecule has 0 aliphatic carbocycles. The standard InChI is InChI=1S/C29H51N5O9S/c1-15(2)11-20(22(35)12-18(7)25(36)33-23(17(5)6)27(38)30-13-16(3)4)31-26(37)21(14-44(8,40)41)32-28(39)24-19-9-10-42-29(19)43-34-24/h15-23,29,35H,9-14H2,1-8H3,(H,30,38)(H,31,37)(H,32,39)(H,33,36)/t18-,19+,20+,21+,22+,23+,29-/m1/s1. The van der Waals surface area contributed by atoms with E-state index in [1.807, 2.05) is 41.5 Å². The second-order valence-corrected chi connectivity index (χ2v) is 15.3. The fourth-order valence-electron chi connectivity index (χ4n) is 5.02. The Labute approximate surface area is 260 Å². The molecule has 14 nitrogen and oxygen atoms in total. The van der Waals surface area contributed by atoms with Crippen molar-refractivity contribution < 1.29 is 42.3 Å². The van der Waals surface area contributed by atoms with Crippen LogP contribution in [0.2, 0.25) is 0 Å². The predicted octanol–water partition coefficient (Wildman–Crippen LogP) is 0.0956. The molecule has 0 aromatic carbocycles. The van der Waals surface area contributed by atoms with E-state index in [4.69, 9.17) is 9.57 Å². The number of carbonyl (C=O) groups excluding carboxylic acids is 4. The van der Waals surface area contributed by atoms with E-state index in [2.05, 4.69) is 26.4 Å². The molecule has 0 bridgehead atoms. The lowest BCUT2D eigenvalue weighted by molar-refractivity contribution is -0.132. The average Bonchev–Trinajstić information content (AvgIpc) is 3.52. The Bertz CT molecular complexity index is 1160. The smallest absolute Gasteiger partial charge is 0.270 e. The third-order valence-electron chi connectivity index (χ3n) is 7.46. The van der Waals surface area contributed by atoms with Crippen molar-refractivity contribution in [3.05, 3.63) is 0 Å². The fraction of sp³-hybridized carbons (Fsp3) is 0.828. The van der Waals surface area contributed by atoms with Gasteiger partial charge in [-0.3, -0.25) is 19.2 Å². The van der Waals surface area contributed by atoms with Gasteiger partial charge < -0.3 is 35.9 Å². The van der Waals surface area contributed by atoms with Gasteiger partial charge in [0.1, 0.15) is 21.9 Å². The van der Waals surface area contributed by atoms with Crippen molar-refractivity contribution in [2.75, 3.05) is 25.2 Å². The highest BCUT2D eigenvalue weighted by Gasteiger charge is 2.43. The summed E-state index contributed by atoms with van der Waals surface area (Å²) in [5.74, 6) is -3.98. The molecule has 2 heterocycles. The van der Waals surface area contributed by atoms with Gasteiger partial charge in [-0.15, -0.1) is 0 Å². The van der Waals surface area contributed by atoms with Crippen LogP contribution < -0.4 is 21.3 Å². The number of nitrogens with zero attached hydrogens (tertiary/aromatic N) is 1. The molecule has 2 aliphatic rings. The van der Waals surface area contributed by atoms with Gasteiger partial charge in [0.15, 0.2) is 5.71 Å². The highest BCUT2D eigenvalue weighted by Crippen LogP contribution is 2.29. The number of rotatable bonds is 17. The van der Waals surface area contributed by atoms with Gasteiger partial charge in [-0.05, 0) is 37.0 Å². The van der Waals surface area contributed by atoms with E-state index in [1.165, 1.54) is 0 Å². The Morgan fingerprint density at radius 2 is 1.59 bits per heavy atom. The monoisotopic (exact) mass is 645 g/mol. The van der Waals surface area contributed by atoms with Crippen molar-refractivity contribution in [2.45, 2.75) is 98.2 Å². The largest absolute Gasteiger partial charge is 0.391 e. The molecule has 2 aliphatic heterocycles. The number of hydrogen-bond acceptors (Lipinski definition) is 10. The summed E-state index contributed by atoms with van der Waals surface area (Å²) in [6.45, 7) is 13.8. The number of nitrogens with one attached hydrogen (secondary N) is 4. The van der Waals surface area contributed by atoms with Crippen LogP contribution in [0.5, 0.6) is 0 Å². The second kappa shape index (κ2) is 16.5. The molecule has 4 amide bonds. The molecule has 0 aromatic heterocycles. The van der Waals surface area contributed by atoms with E-state index in [1.54, 1.807) is 6.92 Å². The van der Waals surface area contributed by atoms with Crippen molar-refractivity contribution in [2.24, 2.45) is 34.7 Å². The number of amides is 4. The summed E-state index contributed by atoms with van der Waals surface area (Å²) in [6, 6.07) is -3.08. The number of oxime groups is 1. The van der Waals surface area contributed by atoms with Crippen molar-refractivity contribution in [1.29, 1.82) is 0 Å². The molecule has 252 valence electrons. The summed E-state index contributed by atoms with van der Waals surface area (Å²) in [5.41, 5.74) is 0.0231. The number of aliphatic hydroxyl groups is 1. The Morgan fingerprint density at radius 3 is 2.16 bits per heavy atom. The van der Waals surface area contributed by atoms with Gasteiger partial charge in [0.25, 0.3) is 5.91 Å². The number of ether oxygens (including phenoxy) is 1. The van der Waals surface area contributed by atoms with Crippen molar-refractivity contribution in [3.8, 4) is 0 Å². The lowest BCUT2D eigenvalue weighted by Crippen LogP contribution is -2.56. The molecule has 0 saturated carbocycles. The Balaban J connectivity index is 2.11. The van der Waals surface area contributed by atoms with E-state index in [-0.39, 0.29) is 35.8 Å². The second-order valence-electron chi connectivity index (χ2n) is 13.2. The lowest BCUT2D eigenvalue weighted by Gasteiger charge is -2.30. The minimum absolute atomic E-state index is 0.0151. The van der Waals surface area contributed by atoms with Crippen LogP contribution >= 0.6 is 0 Å². The molecular weight excluding hydrogens is 594 g/mol. The third kappa shape index (κ3) is 11.6. The van der Waals surface area contributed by atoms with Crippen LogP contribution in [0.3, 0.4) is 0 Å². The van der Waals surface area contributed by atoms with E-state index >= 15 is 0 Å². The van der Waals surface area contributed by atoms with Gasteiger partial charge in [-0.25, -0.2) is 8.42 Å². The van der Waals surface area contributed by atoms with Gasteiger partial charge in [0.2, 0.25) is 24.0 Å². The summed E-state index contributed by atoms with van der Waals surface area (Å²) in [6.07, 6.45) is -0.155. The van der Waals surface area contributed by atoms with Crippen LogP contribution in [0.4, 0.5) is 0 Å². The van der Waals surface area contributed by atoms with E-state index in [9.17, 15) is 32.7 Å². The summed E-state index contributed by atoms with van der Waals surface area (Å²) in [4.78, 5) is 57.2. The van der Waals surface area contributed by atoms with Gasteiger partial charge in [0.05, 0.1) is 30.4 Å². The lowest BCUT2D eigenvalue weighted by atomic mass is 9.91. The topological polar surface area (TPSA) is 202 Å². The third-order valence-corrected chi connectivity index (χ3v) is 8.40. The minimum atomic E-state index is -3.72. The van der Waals surface area contributed by atoms with Crippen molar-refractivity contribution >= 4 is 39.2 Å². The summed E-state index contributed by atoms with van der Waals surface area (Å²) < 4.78 is 29.7. The van der Waals surface area contributed by atoms with Crippen LogP contribution in [0.15, 0.2) is 5.16 Å². The Kier molecular flexibility index (Phi) is 14.0. The summed E-state index contributed by atoms with van der Waals surface area (Å²) >= 11 is 0. The maximum Gasteiger partial charge on any atom is 0.270 e. The first kappa shape index (κ1) is 37.4. The highest BCUT2D eigenvalue weighted by atomic mass is 32.2. The predicted molar refractivity (Wildman–Crippen MR) is 164 cm³/mol. The van der Waals surface area contributed by atoms with E-state index < -0.39 is 75.7 Å². The van der Waals surface area contributed by atoms with Crippen molar-refractivity contribution in [1.82, 2.24) is 21.3 Å². The van der Waals surface area contributed by atoms with Crippen LogP contribution in [0.1, 0.15) is 67.7 Å². The number of fused-ring (bicyclic) bond motifs is 1. The minimum Gasteiger partial charge on any atom is -0.391 e. The maximum atomic E-state index is 13.4. The van der Waals surface area contributed by atoms with Crippen molar-refractivity contribution in [3.63, 3.8) is 0 Å². The zero-order valence-corrected chi connectivity index (χ0v) is 27.9. The molecule has 44 heavy (non-hydrogen) atoms. The first-order valence-corrected chi connectivity index (χ1v) is 17.4. The number of carbonyl (C=O) groups is 4. The molecule has 0 aromatic rings. The summed E-state index contributed by atoms with van der Waals surface area (Å²) in [7, 11) is -3.72. The number of sulfone groups is 1. The van der Waals surface area contributed by atoms with Gasteiger partial charge in [-0.2, -0.15) is 0 Å². The quantitative estimate of drug-likeness (QED) is 0.145. The molecule has 1 saturated heterocycles. The molecular formula is C29H51N5O9S. The Hall–Kier alpha value is -2.78. The zero-order chi connectivity index (χ0) is 33.4. The highest BCUT2D eigenvalue weighted by molar-refractivity contribution is 7.90. The Morgan fingerprint density at radius 1 is 0.932 bits per heavy atom. The first-order chi connectivity index (χ1) is 20.4. The van der Waals surface area contributed by atoms with Crippen LogP contribution in [0.25, 0.3) is 0 Å². The van der Waals surface area contributed by atoms with E-state index in [0.717, 1.165) is 6.26 Å². The first-order valence-electron chi connectivity index (χ1n) is 15.3. The zero-order valence-electron chi connectivity index (χ0n) is 27.1. The normalized spacial score (nSPS) is 21.5. The molecule has 7 atom stereocenters. The molecule has 2 rings (SSSR count). The van der Waals surface area contributed by atoms with Gasteiger partial charge in [-0.1, -0.05) is 53.6 Å². The molecule has 15 heteroatoms. The molecule has 0 radical (unpaired) electrons. The average molecular weight is 646 g/mol. The van der Waals surface area contributed by atoms with Crippen LogP contribution in [-0.4, -0.2) is 98.5 Å². The summed E-state index contributed by atoms with van der Waals surface area (Å²) in [5, 5.41) is 25.7. The SMILES string of the molecule is CC(C)CNC(=O)[C@@H](NC(=O)[C@H](C)C[C@H](O)[C@H](CC(C)C)NC(=O)[C@H](CS(C)(=O)=O)NC(=O)C1=NO[C@H]2OCC[C@@H]12)C(C)C. The molecule has 0 spiro atoms. The molecule has 0 unspecified atom stereocenters. The number of aliphatic hydroxyl groups excluding tert-OH is 1. The number of hydrogen-bond donors (Lipinski definition) is 5. The molecule has 1 fully saturated rings. The van der Waals surface area contributed by atoms with E-state index in [0.29, 0.717) is 26.0 Å². The van der Waals surface area contributed by atoms with Gasteiger partial charge in [0, 0.05) is 18.7 Å².